The SMILES string of the molecule is CC(C)Cn1ncnc1CN1CCCNC(C)C1=O. The zero-order valence-electron chi connectivity index (χ0n) is 12.0. The molecule has 1 atom stereocenters. The van der Waals surface area contributed by atoms with Crippen LogP contribution in [-0.2, 0) is 17.9 Å². The molecule has 1 unspecified atom stereocenters. The molecule has 1 amide bonds. The maximum absolute atomic E-state index is 12.2. The van der Waals surface area contributed by atoms with Crippen LogP contribution in [0.4, 0.5) is 0 Å². The average molecular weight is 265 g/mol. The molecule has 0 saturated carbocycles. The van der Waals surface area contributed by atoms with Crippen molar-refractivity contribution < 1.29 is 4.79 Å². The van der Waals surface area contributed by atoms with Crippen LogP contribution in [0.2, 0.25) is 0 Å². The van der Waals surface area contributed by atoms with Crippen LogP contribution < -0.4 is 5.32 Å². The summed E-state index contributed by atoms with van der Waals surface area (Å²) in [4.78, 5) is 18.4. The standard InChI is InChI=1S/C13H23N5O/c1-10(2)7-18-12(15-9-16-18)8-17-6-4-5-14-11(3)13(17)19/h9-11,14H,4-8H2,1-3H3. The van der Waals surface area contributed by atoms with Gasteiger partial charge in [-0.2, -0.15) is 5.10 Å². The molecule has 1 aliphatic rings. The minimum atomic E-state index is -0.107. The second-order valence-electron chi connectivity index (χ2n) is 5.54. The van der Waals surface area contributed by atoms with Gasteiger partial charge in [0, 0.05) is 13.1 Å². The number of carbonyl (C=O) groups excluding carboxylic acids is 1. The van der Waals surface area contributed by atoms with Crippen molar-refractivity contribution in [3.63, 3.8) is 0 Å². The first-order chi connectivity index (χ1) is 9.08. The first-order valence-electron chi connectivity index (χ1n) is 6.96. The maximum Gasteiger partial charge on any atom is 0.239 e. The van der Waals surface area contributed by atoms with Crippen molar-refractivity contribution in [2.45, 2.75) is 46.3 Å². The maximum atomic E-state index is 12.2. The summed E-state index contributed by atoms with van der Waals surface area (Å²) in [7, 11) is 0. The van der Waals surface area contributed by atoms with E-state index in [9.17, 15) is 4.79 Å². The van der Waals surface area contributed by atoms with E-state index < -0.39 is 0 Å². The van der Waals surface area contributed by atoms with Gasteiger partial charge in [0.15, 0.2) is 0 Å². The van der Waals surface area contributed by atoms with Crippen molar-refractivity contribution in [1.29, 1.82) is 0 Å². The largest absolute Gasteiger partial charge is 0.334 e. The lowest BCUT2D eigenvalue weighted by atomic mass is 10.2. The van der Waals surface area contributed by atoms with Gasteiger partial charge in [-0.1, -0.05) is 13.8 Å². The van der Waals surface area contributed by atoms with Crippen molar-refractivity contribution in [3.05, 3.63) is 12.2 Å². The number of amides is 1. The fourth-order valence-electron chi connectivity index (χ4n) is 2.30. The molecule has 6 nitrogen and oxygen atoms in total. The van der Waals surface area contributed by atoms with Crippen molar-refractivity contribution in [3.8, 4) is 0 Å². The van der Waals surface area contributed by atoms with Gasteiger partial charge in [-0.05, 0) is 25.8 Å². The fraction of sp³-hybridized carbons (Fsp3) is 0.769. The number of hydrogen-bond donors (Lipinski definition) is 1. The summed E-state index contributed by atoms with van der Waals surface area (Å²) in [6.45, 7) is 9.28. The van der Waals surface area contributed by atoms with Gasteiger partial charge in [0.1, 0.15) is 12.2 Å². The number of hydrogen-bond acceptors (Lipinski definition) is 4. The van der Waals surface area contributed by atoms with Crippen LogP contribution in [0.1, 0.15) is 33.0 Å². The second kappa shape index (κ2) is 6.14. The monoisotopic (exact) mass is 265 g/mol. The third kappa shape index (κ3) is 3.53. The summed E-state index contributed by atoms with van der Waals surface area (Å²) >= 11 is 0. The van der Waals surface area contributed by atoms with E-state index in [1.54, 1.807) is 6.33 Å². The van der Waals surface area contributed by atoms with Gasteiger partial charge in [-0.25, -0.2) is 9.67 Å². The molecular weight excluding hydrogens is 242 g/mol. The molecule has 6 heteroatoms. The van der Waals surface area contributed by atoms with Crippen LogP contribution in [0.15, 0.2) is 6.33 Å². The Bertz CT molecular complexity index is 428. The van der Waals surface area contributed by atoms with Gasteiger partial charge in [0.25, 0.3) is 0 Å². The molecule has 1 fully saturated rings. The quantitative estimate of drug-likeness (QED) is 0.868. The highest BCUT2D eigenvalue weighted by atomic mass is 16.2. The minimum Gasteiger partial charge on any atom is -0.334 e. The lowest BCUT2D eigenvalue weighted by Gasteiger charge is -2.22. The van der Waals surface area contributed by atoms with Crippen molar-refractivity contribution in [2.24, 2.45) is 5.92 Å². The minimum absolute atomic E-state index is 0.107. The van der Waals surface area contributed by atoms with Gasteiger partial charge in [0.2, 0.25) is 5.91 Å². The number of rotatable bonds is 4. The zero-order chi connectivity index (χ0) is 13.8. The molecule has 1 aromatic rings. The molecular formula is C13H23N5O. The third-order valence-corrected chi connectivity index (χ3v) is 3.30. The highest BCUT2D eigenvalue weighted by molar-refractivity contribution is 5.81. The highest BCUT2D eigenvalue weighted by Crippen LogP contribution is 2.09. The van der Waals surface area contributed by atoms with Crippen LogP contribution in [-0.4, -0.2) is 44.7 Å². The van der Waals surface area contributed by atoms with E-state index in [-0.39, 0.29) is 11.9 Å². The fourth-order valence-corrected chi connectivity index (χ4v) is 2.30. The van der Waals surface area contributed by atoms with E-state index in [2.05, 4.69) is 29.2 Å². The van der Waals surface area contributed by atoms with Crippen LogP contribution in [0, 0.1) is 5.92 Å². The van der Waals surface area contributed by atoms with E-state index in [1.807, 2.05) is 16.5 Å². The summed E-state index contributed by atoms with van der Waals surface area (Å²) in [5.41, 5.74) is 0. The molecule has 0 spiro atoms. The molecule has 2 rings (SSSR count). The van der Waals surface area contributed by atoms with Gasteiger partial charge in [0.05, 0.1) is 12.6 Å². The van der Waals surface area contributed by atoms with Gasteiger partial charge in [-0.3, -0.25) is 4.79 Å². The summed E-state index contributed by atoms with van der Waals surface area (Å²) in [6.07, 6.45) is 2.55. The van der Waals surface area contributed by atoms with Crippen molar-refractivity contribution >= 4 is 5.91 Å². The summed E-state index contributed by atoms with van der Waals surface area (Å²) < 4.78 is 1.90. The van der Waals surface area contributed by atoms with Crippen LogP contribution in [0.25, 0.3) is 0 Å². The molecule has 0 aromatic carbocycles. The predicted molar refractivity (Wildman–Crippen MR) is 72.4 cm³/mol. The molecule has 1 aliphatic heterocycles. The molecule has 1 saturated heterocycles. The van der Waals surface area contributed by atoms with E-state index in [0.717, 1.165) is 31.9 Å². The first kappa shape index (κ1) is 14.0. The van der Waals surface area contributed by atoms with E-state index in [1.165, 1.54) is 0 Å². The van der Waals surface area contributed by atoms with Gasteiger partial charge in [-0.15, -0.1) is 0 Å². The predicted octanol–water partition coefficient (Wildman–Crippen LogP) is 0.644. The van der Waals surface area contributed by atoms with Gasteiger partial charge >= 0.3 is 0 Å². The number of nitrogens with zero attached hydrogens (tertiary/aromatic N) is 4. The smallest absolute Gasteiger partial charge is 0.239 e. The summed E-state index contributed by atoms with van der Waals surface area (Å²) in [6, 6.07) is -0.107. The average Bonchev–Trinajstić information content (AvgIpc) is 2.71. The molecule has 1 aromatic heterocycles. The Morgan fingerprint density at radius 1 is 1.53 bits per heavy atom. The Balaban J connectivity index is 2.07. The third-order valence-electron chi connectivity index (χ3n) is 3.30. The van der Waals surface area contributed by atoms with Crippen molar-refractivity contribution in [2.75, 3.05) is 13.1 Å². The summed E-state index contributed by atoms with van der Waals surface area (Å²) in [5, 5.41) is 7.46. The molecule has 1 N–H and O–H groups in total. The Morgan fingerprint density at radius 2 is 2.32 bits per heavy atom. The molecule has 0 aliphatic carbocycles. The number of carbonyl (C=O) groups is 1. The Morgan fingerprint density at radius 3 is 3.05 bits per heavy atom. The van der Waals surface area contributed by atoms with E-state index >= 15 is 0 Å². The van der Waals surface area contributed by atoms with E-state index in [4.69, 9.17) is 0 Å². The second-order valence-corrected chi connectivity index (χ2v) is 5.54. The zero-order valence-corrected chi connectivity index (χ0v) is 12.0. The Hall–Kier alpha value is -1.43. The normalized spacial score (nSPS) is 20.9. The van der Waals surface area contributed by atoms with Crippen molar-refractivity contribution in [1.82, 2.24) is 25.0 Å². The molecule has 106 valence electrons. The molecule has 19 heavy (non-hydrogen) atoms. The molecule has 0 radical (unpaired) electrons. The number of aromatic nitrogens is 3. The lowest BCUT2D eigenvalue weighted by Crippen LogP contribution is -2.41. The Kier molecular flexibility index (Phi) is 4.52. The summed E-state index contributed by atoms with van der Waals surface area (Å²) in [5.74, 6) is 1.54. The number of nitrogens with one attached hydrogen (secondary N) is 1. The Labute approximate surface area is 114 Å². The molecule has 2 heterocycles. The first-order valence-corrected chi connectivity index (χ1v) is 6.96. The van der Waals surface area contributed by atoms with Crippen LogP contribution in [0.3, 0.4) is 0 Å². The molecule has 0 bridgehead atoms. The van der Waals surface area contributed by atoms with Gasteiger partial charge < -0.3 is 10.2 Å². The van der Waals surface area contributed by atoms with Crippen LogP contribution >= 0.6 is 0 Å². The van der Waals surface area contributed by atoms with Crippen LogP contribution in [0.5, 0.6) is 0 Å². The topological polar surface area (TPSA) is 63.1 Å². The van der Waals surface area contributed by atoms with E-state index in [0.29, 0.717) is 12.5 Å². The highest BCUT2D eigenvalue weighted by Gasteiger charge is 2.24. The lowest BCUT2D eigenvalue weighted by molar-refractivity contribution is -0.132.